The lowest BCUT2D eigenvalue weighted by atomic mass is 10.2. The van der Waals surface area contributed by atoms with Crippen LogP contribution in [0.15, 0.2) is 58.1 Å². The lowest BCUT2D eigenvalue weighted by molar-refractivity contribution is 0.372. The lowest BCUT2D eigenvalue weighted by Crippen LogP contribution is -1.94. The Hall–Kier alpha value is -2.60. The summed E-state index contributed by atoms with van der Waals surface area (Å²) < 4.78 is 5.65. The zero-order valence-electron chi connectivity index (χ0n) is 12.3. The van der Waals surface area contributed by atoms with Crippen molar-refractivity contribution in [2.45, 2.75) is 0 Å². The standard InChI is InChI=1S/C17H14BrN3O2/c1-23-15-9-11(8-13(18)17(15)22)10-19-21-16-7-6-12-4-2-3-5-14(12)20-16/h2-10,22H,1H3,(H,20,21)/b19-10-. The topological polar surface area (TPSA) is 66.7 Å². The molecule has 0 amide bonds. The summed E-state index contributed by atoms with van der Waals surface area (Å²) in [5.41, 5.74) is 4.58. The molecule has 5 nitrogen and oxygen atoms in total. The van der Waals surface area contributed by atoms with E-state index in [9.17, 15) is 5.11 Å². The van der Waals surface area contributed by atoms with Crippen molar-refractivity contribution in [3.05, 3.63) is 58.6 Å². The fraction of sp³-hybridized carbons (Fsp3) is 0.0588. The second-order valence-electron chi connectivity index (χ2n) is 4.81. The molecular weight excluding hydrogens is 358 g/mol. The number of phenolic OH excluding ortho intramolecular Hbond substituents is 1. The van der Waals surface area contributed by atoms with Crippen LogP contribution in [0.1, 0.15) is 5.56 Å². The Morgan fingerprint density at radius 2 is 2.04 bits per heavy atom. The number of aromatic nitrogens is 1. The third-order valence-corrected chi connectivity index (χ3v) is 3.87. The smallest absolute Gasteiger partial charge is 0.172 e. The van der Waals surface area contributed by atoms with Gasteiger partial charge in [0.15, 0.2) is 11.5 Å². The number of ether oxygens (including phenoxy) is 1. The van der Waals surface area contributed by atoms with Crippen molar-refractivity contribution in [3.8, 4) is 11.5 Å². The van der Waals surface area contributed by atoms with E-state index < -0.39 is 0 Å². The van der Waals surface area contributed by atoms with Gasteiger partial charge in [0.25, 0.3) is 0 Å². The zero-order chi connectivity index (χ0) is 16.2. The summed E-state index contributed by atoms with van der Waals surface area (Å²) in [4.78, 5) is 4.47. The summed E-state index contributed by atoms with van der Waals surface area (Å²) in [6.07, 6.45) is 1.63. The molecule has 0 atom stereocenters. The highest BCUT2D eigenvalue weighted by Crippen LogP contribution is 2.34. The van der Waals surface area contributed by atoms with Gasteiger partial charge in [-0.15, -0.1) is 0 Å². The number of methoxy groups -OCH3 is 1. The summed E-state index contributed by atoms with van der Waals surface area (Å²) in [6.45, 7) is 0. The van der Waals surface area contributed by atoms with Crippen LogP contribution in [-0.4, -0.2) is 23.4 Å². The highest BCUT2D eigenvalue weighted by Gasteiger charge is 2.07. The number of anilines is 1. The minimum atomic E-state index is 0.0637. The maximum atomic E-state index is 9.78. The summed E-state index contributed by atoms with van der Waals surface area (Å²) in [7, 11) is 1.50. The van der Waals surface area contributed by atoms with Crippen LogP contribution < -0.4 is 10.2 Å². The number of hydrazone groups is 1. The van der Waals surface area contributed by atoms with Crippen LogP contribution in [0.2, 0.25) is 0 Å². The first kappa shape index (κ1) is 15.3. The maximum absolute atomic E-state index is 9.78. The van der Waals surface area contributed by atoms with Crippen LogP contribution in [-0.2, 0) is 0 Å². The third-order valence-electron chi connectivity index (χ3n) is 3.26. The largest absolute Gasteiger partial charge is 0.503 e. The highest BCUT2D eigenvalue weighted by molar-refractivity contribution is 9.10. The van der Waals surface area contributed by atoms with Gasteiger partial charge in [0, 0.05) is 5.39 Å². The van der Waals surface area contributed by atoms with E-state index in [0.29, 0.717) is 16.0 Å². The molecule has 0 unspecified atom stereocenters. The molecule has 0 aliphatic carbocycles. The van der Waals surface area contributed by atoms with E-state index >= 15 is 0 Å². The second-order valence-corrected chi connectivity index (χ2v) is 5.67. The normalized spacial score (nSPS) is 11.0. The second kappa shape index (κ2) is 6.66. The van der Waals surface area contributed by atoms with Crippen molar-refractivity contribution < 1.29 is 9.84 Å². The van der Waals surface area contributed by atoms with Crippen molar-refractivity contribution in [2.24, 2.45) is 5.10 Å². The van der Waals surface area contributed by atoms with E-state index in [4.69, 9.17) is 4.74 Å². The number of hydrogen-bond acceptors (Lipinski definition) is 5. The van der Waals surface area contributed by atoms with Crippen LogP contribution in [0.5, 0.6) is 11.5 Å². The van der Waals surface area contributed by atoms with Crippen molar-refractivity contribution in [1.29, 1.82) is 0 Å². The molecule has 6 heteroatoms. The fourth-order valence-corrected chi connectivity index (χ4v) is 2.58. The monoisotopic (exact) mass is 371 g/mol. The molecule has 2 N–H and O–H groups in total. The molecule has 0 saturated heterocycles. The number of aromatic hydroxyl groups is 1. The van der Waals surface area contributed by atoms with Crippen LogP contribution in [0.3, 0.4) is 0 Å². The maximum Gasteiger partial charge on any atom is 0.172 e. The first-order valence-corrected chi connectivity index (χ1v) is 7.68. The highest BCUT2D eigenvalue weighted by atomic mass is 79.9. The minimum absolute atomic E-state index is 0.0637. The predicted molar refractivity (Wildman–Crippen MR) is 95.3 cm³/mol. The molecule has 0 spiro atoms. The van der Waals surface area contributed by atoms with Crippen molar-refractivity contribution in [3.63, 3.8) is 0 Å². The van der Waals surface area contributed by atoms with Crippen molar-refractivity contribution >= 4 is 38.9 Å². The Morgan fingerprint density at radius 1 is 1.22 bits per heavy atom. The molecule has 1 heterocycles. The van der Waals surface area contributed by atoms with Crippen LogP contribution in [0.4, 0.5) is 5.82 Å². The zero-order valence-corrected chi connectivity index (χ0v) is 13.9. The summed E-state index contributed by atoms with van der Waals surface area (Å²) in [5, 5.41) is 15.0. The Bertz CT molecular complexity index is 881. The van der Waals surface area contributed by atoms with Gasteiger partial charge in [-0.1, -0.05) is 18.2 Å². The number of halogens is 1. The first-order chi connectivity index (χ1) is 11.2. The van der Waals surface area contributed by atoms with Crippen molar-refractivity contribution in [1.82, 2.24) is 4.98 Å². The quantitative estimate of drug-likeness (QED) is 0.533. The molecule has 0 aliphatic heterocycles. The SMILES string of the molecule is COc1cc(/C=N\Nc2ccc3ccccc3n2)cc(Br)c1O. The molecule has 0 radical (unpaired) electrons. The van der Waals surface area contributed by atoms with E-state index in [1.165, 1.54) is 7.11 Å². The molecule has 116 valence electrons. The number of hydrogen-bond donors (Lipinski definition) is 2. The van der Waals surface area contributed by atoms with E-state index in [1.54, 1.807) is 18.3 Å². The van der Waals surface area contributed by atoms with Crippen molar-refractivity contribution in [2.75, 3.05) is 12.5 Å². The molecule has 0 saturated carbocycles. The van der Waals surface area contributed by atoms with E-state index in [2.05, 4.69) is 31.4 Å². The van der Waals surface area contributed by atoms with E-state index in [-0.39, 0.29) is 5.75 Å². The molecule has 23 heavy (non-hydrogen) atoms. The summed E-state index contributed by atoms with van der Waals surface area (Å²) >= 11 is 3.28. The average Bonchev–Trinajstić information content (AvgIpc) is 2.57. The molecule has 1 aromatic heterocycles. The molecule has 3 aromatic rings. The van der Waals surface area contributed by atoms with Gasteiger partial charge in [-0.2, -0.15) is 5.10 Å². The summed E-state index contributed by atoms with van der Waals surface area (Å²) in [5.74, 6) is 1.10. The molecule has 0 aliphatic rings. The Balaban J connectivity index is 1.79. The minimum Gasteiger partial charge on any atom is -0.503 e. The number of phenols is 1. The fourth-order valence-electron chi connectivity index (χ4n) is 2.13. The van der Waals surface area contributed by atoms with Gasteiger partial charge in [-0.25, -0.2) is 4.98 Å². The van der Waals surface area contributed by atoms with E-state index in [1.807, 2.05) is 36.4 Å². The van der Waals surface area contributed by atoms with Gasteiger partial charge >= 0.3 is 0 Å². The van der Waals surface area contributed by atoms with E-state index in [0.717, 1.165) is 16.5 Å². The number of para-hydroxylation sites is 1. The number of nitrogens with zero attached hydrogens (tertiary/aromatic N) is 2. The lowest BCUT2D eigenvalue weighted by Gasteiger charge is -2.06. The number of fused-ring (bicyclic) bond motifs is 1. The van der Waals surface area contributed by atoms with Gasteiger partial charge in [0.2, 0.25) is 0 Å². The third kappa shape index (κ3) is 3.43. The van der Waals surface area contributed by atoms with Crippen LogP contribution >= 0.6 is 15.9 Å². The molecule has 2 aromatic carbocycles. The van der Waals surface area contributed by atoms with Gasteiger partial charge in [-0.05, 0) is 51.8 Å². The predicted octanol–water partition coefficient (Wildman–Crippen LogP) is 4.16. The number of rotatable bonds is 4. The number of nitrogens with one attached hydrogen (secondary N) is 1. The van der Waals surface area contributed by atoms with Gasteiger partial charge in [-0.3, -0.25) is 5.43 Å². The molecule has 3 rings (SSSR count). The Labute approximate surface area is 141 Å². The Kier molecular flexibility index (Phi) is 4.43. The first-order valence-electron chi connectivity index (χ1n) is 6.89. The van der Waals surface area contributed by atoms with Gasteiger partial charge in [0.05, 0.1) is 23.3 Å². The summed E-state index contributed by atoms with van der Waals surface area (Å²) in [6, 6.07) is 15.2. The molecule has 0 bridgehead atoms. The Morgan fingerprint density at radius 3 is 2.87 bits per heavy atom. The number of pyridine rings is 1. The average molecular weight is 372 g/mol. The molecule has 0 fully saturated rings. The number of benzene rings is 2. The molecular formula is C17H14BrN3O2. The van der Waals surface area contributed by atoms with Crippen LogP contribution in [0.25, 0.3) is 10.9 Å². The van der Waals surface area contributed by atoms with Gasteiger partial charge < -0.3 is 9.84 Å². The van der Waals surface area contributed by atoms with Crippen LogP contribution in [0, 0.1) is 0 Å². The van der Waals surface area contributed by atoms with Gasteiger partial charge in [0.1, 0.15) is 5.82 Å².